The Kier molecular flexibility index (Phi) is 4.86. The maximum atomic E-state index is 12.2. The van der Waals surface area contributed by atoms with Crippen LogP contribution in [-0.2, 0) is 4.74 Å². The molecule has 0 saturated carbocycles. The lowest BCUT2D eigenvalue weighted by Gasteiger charge is -2.36. The first kappa shape index (κ1) is 15.1. The normalized spacial score (nSPS) is 19.8. The molecule has 20 heavy (non-hydrogen) atoms. The first-order chi connectivity index (χ1) is 9.46. The fourth-order valence-electron chi connectivity index (χ4n) is 2.29. The monoisotopic (exact) mass is 297 g/mol. The fourth-order valence-corrected chi connectivity index (χ4v) is 2.83. The van der Waals surface area contributed by atoms with Gasteiger partial charge in [-0.05, 0) is 40.0 Å². The highest BCUT2D eigenvalue weighted by Crippen LogP contribution is 2.21. The van der Waals surface area contributed by atoms with Crippen LogP contribution in [0.2, 0.25) is 0 Å². The van der Waals surface area contributed by atoms with E-state index in [0.717, 1.165) is 37.5 Å². The minimum absolute atomic E-state index is 0.183. The van der Waals surface area contributed by atoms with E-state index in [1.165, 1.54) is 0 Å². The summed E-state index contributed by atoms with van der Waals surface area (Å²) < 4.78 is 5.49. The van der Waals surface area contributed by atoms with Crippen molar-refractivity contribution in [1.82, 2.24) is 9.88 Å². The lowest BCUT2D eigenvalue weighted by molar-refractivity contribution is 0.0114. The summed E-state index contributed by atoms with van der Waals surface area (Å²) in [6.07, 6.45) is 4.79. The van der Waals surface area contributed by atoms with Gasteiger partial charge in [0.1, 0.15) is 5.60 Å². The van der Waals surface area contributed by atoms with Gasteiger partial charge in [-0.3, -0.25) is 0 Å². The van der Waals surface area contributed by atoms with Gasteiger partial charge >= 0.3 is 6.09 Å². The SMILES string of the molecule is CC(C)(C)OC(=O)N1CCCC[C@H]1CNc1nccs1. The van der Waals surface area contributed by atoms with Gasteiger partial charge in [0.05, 0.1) is 6.04 Å². The van der Waals surface area contributed by atoms with Crippen molar-refractivity contribution in [3.8, 4) is 0 Å². The average molecular weight is 297 g/mol. The second-order valence-electron chi connectivity index (χ2n) is 6.04. The molecular weight excluding hydrogens is 274 g/mol. The van der Waals surface area contributed by atoms with E-state index in [-0.39, 0.29) is 12.1 Å². The summed E-state index contributed by atoms with van der Waals surface area (Å²) in [5.74, 6) is 0. The number of nitrogens with one attached hydrogen (secondary N) is 1. The van der Waals surface area contributed by atoms with E-state index in [0.29, 0.717) is 0 Å². The number of anilines is 1. The van der Waals surface area contributed by atoms with Crippen molar-refractivity contribution in [3.63, 3.8) is 0 Å². The van der Waals surface area contributed by atoms with Crippen LogP contribution in [0.5, 0.6) is 0 Å². The van der Waals surface area contributed by atoms with Gasteiger partial charge in [0.2, 0.25) is 0 Å². The zero-order chi connectivity index (χ0) is 14.6. The molecule has 1 saturated heterocycles. The number of ether oxygens (including phenoxy) is 1. The summed E-state index contributed by atoms with van der Waals surface area (Å²) in [5.41, 5.74) is -0.443. The molecule has 1 amide bonds. The molecule has 1 aromatic heterocycles. The number of nitrogens with zero attached hydrogens (tertiary/aromatic N) is 2. The van der Waals surface area contributed by atoms with Gasteiger partial charge in [0.15, 0.2) is 5.13 Å². The van der Waals surface area contributed by atoms with Crippen LogP contribution in [0.25, 0.3) is 0 Å². The molecule has 1 fully saturated rings. The van der Waals surface area contributed by atoms with E-state index in [1.807, 2.05) is 31.1 Å². The van der Waals surface area contributed by atoms with Crippen molar-refractivity contribution in [3.05, 3.63) is 11.6 Å². The van der Waals surface area contributed by atoms with E-state index < -0.39 is 5.60 Å². The average Bonchev–Trinajstić information content (AvgIpc) is 2.87. The van der Waals surface area contributed by atoms with Crippen molar-refractivity contribution in [2.24, 2.45) is 0 Å². The van der Waals surface area contributed by atoms with Crippen LogP contribution in [-0.4, -0.2) is 40.7 Å². The van der Waals surface area contributed by atoms with Crippen LogP contribution < -0.4 is 5.32 Å². The lowest BCUT2D eigenvalue weighted by Crippen LogP contribution is -2.48. The number of carbonyl (C=O) groups is 1. The first-order valence-electron chi connectivity index (χ1n) is 7.09. The molecule has 0 spiro atoms. The molecular formula is C14H23N3O2S. The number of carbonyl (C=O) groups excluding carboxylic acids is 1. The zero-order valence-electron chi connectivity index (χ0n) is 12.4. The van der Waals surface area contributed by atoms with Gasteiger partial charge in [0.25, 0.3) is 0 Å². The Balaban J connectivity index is 1.92. The standard InChI is InChI=1S/C14H23N3O2S/c1-14(2,3)19-13(18)17-8-5-4-6-11(17)10-16-12-15-7-9-20-12/h7,9,11H,4-6,8,10H2,1-3H3,(H,15,16)/t11-/m0/s1. The molecule has 1 aromatic rings. The van der Waals surface area contributed by atoms with Crippen LogP contribution in [0, 0.1) is 0 Å². The number of rotatable bonds is 3. The van der Waals surface area contributed by atoms with Gasteiger partial charge in [-0.15, -0.1) is 11.3 Å². The maximum absolute atomic E-state index is 12.2. The molecule has 0 aromatic carbocycles. The van der Waals surface area contributed by atoms with Crippen LogP contribution in [0.3, 0.4) is 0 Å². The highest BCUT2D eigenvalue weighted by molar-refractivity contribution is 7.13. The van der Waals surface area contributed by atoms with E-state index in [2.05, 4.69) is 10.3 Å². The molecule has 1 N–H and O–H groups in total. The molecule has 5 nitrogen and oxygen atoms in total. The van der Waals surface area contributed by atoms with Crippen LogP contribution in [0.4, 0.5) is 9.93 Å². The van der Waals surface area contributed by atoms with Gasteiger partial charge in [0, 0.05) is 24.7 Å². The van der Waals surface area contributed by atoms with Crippen LogP contribution in [0.1, 0.15) is 40.0 Å². The highest BCUT2D eigenvalue weighted by Gasteiger charge is 2.30. The molecule has 0 aliphatic carbocycles. The molecule has 0 bridgehead atoms. The molecule has 0 unspecified atom stereocenters. The van der Waals surface area contributed by atoms with Crippen molar-refractivity contribution >= 4 is 22.6 Å². The third-order valence-electron chi connectivity index (χ3n) is 3.18. The van der Waals surface area contributed by atoms with Gasteiger partial charge < -0.3 is 15.0 Å². The quantitative estimate of drug-likeness (QED) is 0.929. The van der Waals surface area contributed by atoms with Crippen LogP contribution in [0.15, 0.2) is 11.6 Å². The third kappa shape index (κ3) is 4.37. The molecule has 2 rings (SSSR count). The van der Waals surface area contributed by atoms with Gasteiger partial charge in [-0.1, -0.05) is 0 Å². The van der Waals surface area contributed by atoms with E-state index in [4.69, 9.17) is 4.74 Å². The van der Waals surface area contributed by atoms with Crippen molar-refractivity contribution in [2.45, 2.75) is 51.7 Å². The topological polar surface area (TPSA) is 54.5 Å². The minimum Gasteiger partial charge on any atom is -0.444 e. The molecule has 1 aliphatic heterocycles. The second kappa shape index (κ2) is 6.43. The van der Waals surface area contributed by atoms with Crippen molar-refractivity contribution in [2.75, 3.05) is 18.4 Å². The summed E-state index contributed by atoms with van der Waals surface area (Å²) in [4.78, 5) is 18.3. The smallest absolute Gasteiger partial charge is 0.410 e. The van der Waals surface area contributed by atoms with E-state index >= 15 is 0 Å². The van der Waals surface area contributed by atoms with Gasteiger partial charge in [-0.2, -0.15) is 0 Å². The second-order valence-corrected chi connectivity index (χ2v) is 6.94. The Bertz CT molecular complexity index is 428. The van der Waals surface area contributed by atoms with Gasteiger partial charge in [-0.25, -0.2) is 9.78 Å². The first-order valence-corrected chi connectivity index (χ1v) is 7.97. The summed E-state index contributed by atoms with van der Waals surface area (Å²) in [7, 11) is 0. The van der Waals surface area contributed by atoms with E-state index in [9.17, 15) is 4.79 Å². The summed E-state index contributed by atoms with van der Waals surface area (Å²) in [5, 5.41) is 6.14. The Morgan fingerprint density at radius 2 is 2.35 bits per heavy atom. The van der Waals surface area contributed by atoms with E-state index in [1.54, 1.807) is 17.5 Å². The molecule has 0 radical (unpaired) electrons. The Morgan fingerprint density at radius 3 is 3.00 bits per heavy atom. The molecule has 6 heteroatoms. The highest BCUT2D eigenvalue weighted by atomic mass is 32.1. The van der Waals surface area contributed by atoms with Crippen molar-refractivity contribution < 1.29 is 9.53 Å². The molecule has 1 atom stereocenters. The molecule has 2 heterocycles. The summed E-state index contributed by atoms with van der Waals surface area (Å²) in [6, 6.07) is 0.183. The predicted molar refractivity (Wildman–Crippen MR) is 81.2 cm³/mol. The minimum atomic E-state index is -0.443. The zero-order valence-corrected chi connectivity index (χ0v) is 13.2. The number of thiazole rings is 1. The molecule has 112 valence electrons. The fraction of sp³-hybridized carbons (Fsp3) is 0.714. The molecule has 1 aliphatic rings. The number of aromatic nitrogens is 1. The maximum Gasteiger partial charge on any atom is 0.410 e. The number of hydrogen-bond donors (Lipinski definition) is 1. The number of likely N-dealkylation sites (tertiary alicyclic amines) is 1. The Morgan fingerprint density at radius 1 is 1.55 bits per heavy atom. The van der Waals surface area contributed by atoms with Crippen LogP contribution >= 0.6 is 11.3 Å². The van der Waals surface area contributed by atoms with Crippen molar-refractivity contribution in [1.29, 1.82) is 0 Å². The summed E-state index contributed by atoms with van der Waals surface area (Å²) in [6.45, 7) is 7.21. The summed E-state index contributed by atoms with van der Waals surface area (Å²) >= 11 is 1.57. The lowest BCUT2D eigenvalue weighted by atomic mass is 10.0. The Labute approximate surface area is 124 Å². The third-order valence-corrected chi connectivity index (χ3v) is 3.91. The predicted octanol–water partition coefficient (Wildman–Crippen LogP) is 3.34. The Hall–Kier alpha value is -1.30. The largest absolute Gasteiger partial charge is 0.444 e. The number of amides is 1. The number of hydrogen-bond acceptors (Lipinski definition) is 5. The number of piperidine rings is 1.